The fourth-order valence-electron chi connectivity index (χ4n) is 1.09. The summed E-state index contributed by atoms with van der Waals surface area (Å²) in [5.41, 5.74) is 0. The van der Waals surface area contributed by atoms with Crippen molar-refractivity contribution in [3.05, 3.63) is 0 Å². The fraction of sp³-hybridized carbons (Fsp3) is 1.00. The van der Waals surface area contributed by atoms with Crippen molar-refractivity contribution >= 4 is 0 Å². The van der Waals surface area contributed by atoms with E-state index < -0.39 is 24.6 Å². The van der Waals surface area contributed by atoms with E-state index in [1.807, 2.05) is 0 Å². The molecule has 1 saturated heterocycles. The van der Waals surface area contributed by atoms with Crippen molar-refractivity contribution in [3.63, 3.8) is 0 Å². The predicted molar refractivity (Wildman–Crippen MR) is 39.4 cm³/mol. The molecular formula is C7H14O5. The van der Waals surface area contributed by atoms with E-state index in [4.69, 9.17) is 14.6 Å². The van der Waals surface area contributed by atoms with Gasteiger partial charge in [-0.3, -0.25) is 0 Å². The van der Waals surface area contributed by atoms with Crippen LogP contribution in [0.5, 0.6) is 0 Å². The molecular weight excluding hydrogens is 164 g/mol. The van der Waals surface area contributed by atoms with Crippen molar-refractivity contribution in [3.8, 4) is 0 Å². The number of aliphatic hydroxyl groups is 3. The number of aliphatic hydroxyl groups excluding tert-OH is 3. The molecule has 0 aromatic rings. The molecule has 4 atom stereocenters. The molecule has 1 fully saturated rings. The van der Waals surface area contributed by atoms with Crippen molar-refractivity contribution in [2.45, 2.75) is 31.5 Å². The van der Waals surface area contributed by atoms with Gasteiger partial charge in [-0.05, 0) is 6.92 Å². The number of ether oxygens (including phenoxy) is 2. The van der Waals surface area contributed by atoms with Crippen molar-refractivity contribution < 1.29 is 24.8 Å². The zero-order chi connectivity index (χ0) is 9.14. The van der Waals surface area contributed by atoms with Crippen LogP contribution in [0, 0.1) is 0 Å². The molecule has 5 heteroatoms. The van der Waals surface area contributed by atoms with Gasteiger partial charge >= 0.3 is 0 Å². The van der Waals surface area contributed by atoms with Gasteiger partial charge in [-0.15, -0.1) is 0 Å². The average molecular weight is 178 g/mol. The van der Waals surface area contributed by atoms with E-state index in [-0.39, 0.29) is 6.61 Å². The predicted octanol–water partition coefficient (Wildman–Crippen LogP) is -1.54. The SMILES string of the molecule is CCO[C@@H]1OC[C@H](O)C(O)[C@@H]1O. The zero-order valence-corrected chi connectivity index (χ0v) is 6.88. The Morgan fingerprint density at radius 1 is 1.33 bits per heavy atom. The molecule has 1 heterocycles. The Kier molecular flexibility index (Phi) is 3.42. The van der Waals surface area contributed by atoms with E-state index in [1.54, 1.807) is 6.92 Å². The first-order valence-electron chi connectivity index (χ1n) is 3.94. The maximum Gasteiger partial charge on any atom is 0.186 e. The van der Waals surface area contributed by atoms with E-state index in [0.717, 1.165) is 0 Å². The van der Waals surface area contributed by atoms with Gasteiger partial charge in [-0.1, -0.05) is 0 Å². The monoisotopic (exact) mass is 178 g/mol. The summed E-state index contributed by atoms with van der Waals surface area (Å²) in [6.45, 7) is 2.14. The summed E-state index contributed by atoms with van der Waals surface area (Å²) in [6.07, 6.45) is -4.21. The van der Waals surface area contributed by atoms with Crippen LogP contribution in [-0.4, -0.2) is 53.1 Å². The topological polar surface area (TPSA) is 79.2 Å². The first-order chi connectivity index (χ1) is 5.66. The molecule has 0 aromatic carbocycles. The second-order valence-electron chi connectivity index (χ2n) is 2.71. The lowest BCUT2D eigenvalue weighted by Gasteiger charge is -2.34. The quantitative estimate of drug-likeness (QED) is 0.477. The zero-order valence-electron chi connectivity index (χ0n) is 6.88. The van der Waals surface area contributed by atoms with E-state index in [1.165, 1.54) is 0 Å². The third kappa shape index (κ3) is 1.94. The van der Waals surface area contributed by atoms with Crippen LogP contribution in [0.15, 0.2) is 0 Å². The van der Waals surface area contributed by atoms with Gasteiger partial charge < -0.3 is 24.8 Å². The molecule has 12 heavy (non-hydrogen) atoms. The Balaban J connectivity index is 2.46. The molecule has 1 unspecified atom stereocenters. The van der Waals surface area contributed by atoms with Gasteiger partial charge in [0.1, 0.15) is 18.3 Å². The summed E-state index contributed by atoms with van der Waals surface area (Å²) >= 11 is 0. The van der Waals surface area contributed by atoms with Crippen molar-refractivity contribution in [1.29, 1.82) is 0 Å². The lowest BCUT2D eigenvalue weighted by atomic mass is 10.1. The number of rotatable bonds is 2. The molecule has 3 N–H and O–H groups in total. The van der Waals surface area contributed by atoms with Crippen LogP contribution in [-0.2, 0) is 9.47 Å². The van der Waals surface area contributed by atoms with Gasteiger partial charge in [0.25, 0.3) is 0 Å². The van der Waals surface area contributed by atoms with Crippen LogP contribution in [0.3, 0.4) is 0 Å². The third-order valence-electron chi connectivity index (χ3n) is 1.79. The molecule has 72 valence electrons. The Morgan fingerprint density at radius 2 is 2.00 bits per heavy atom. The van der Waals surface area contributed by atoms with E-state index >= 15 is 0 Å². The van der Waals surface area contributed by atoms with E-state index in [2.05, 4.69) is 0 Å². The molecule has 0 radical (unpaired) electrons. The second kappa shape index (κ2) is 4.15. The Hall–Kier alpha value is -0.200. The fourth-order valence-corrected chi connectivity index (χ4v) is 1.09. The second-order valence-corrected chi connectivity index (χ2v) is 2.71. The molecule has 0 spiro atoms. The smallest absolute Gasteiger partial charge is 0.186 e. The standard InChI is InChI=1S/C7H14O5/c1-2-11-7-6(10)5(9)4(8)3-12-7/h4-10H,2-3H2,1H3/t4-,5?,6-,7+/m0/s1. The summed E-state index contributed by atoms with van der Waals surface area (Å²) in [5.74, 6) is 0. The molecule has 5 nitrogen and oxygen atoms in total. The van der Waals surface area contributed by atoms with Gasteiger partial charge in [-0.2, -0.15) is 0 Å². The van der Waals surface area contributed by atoms with Gasteiger partial charge in [0.15, 0.2) is 6.29 Å². The van der Waals surface area contributed by atoms with Crippen molar-refractivity contribution in [2.75, 3.05) is 13.2 Å². The van der Waals surface area contributed by atoms with Crippen LogP contribution in [0.25, 0.3) is 0 Å². The third-order valence-corrected chi connectivity index (χ3v) is 1.79. The van der Waals surface area contributed by atoms with E-state index in [9.17, 15) is 10.2 Å². The Morgan fingerprint density at radius 3 is 2.58 bits per heavy atom. The molecule has 1 aliphatic rings. The lowest BCUT2D eigenvalue weighted by Crippen LogP contribution is -2.53. The maximum atomic E-state index is 9.28. The minimum Gasteiger partial charge on any atom is -0.388 e. The summed E-state index contributed by atoms with van der Waals surface area (Å²) in [4.78, 5) is 0. The molecule has 0 amide bonds. The minimum atomic E-state index is -1.18. The minimum absolute atomic E-state index is 0.0110. The van der Waals surface area contributed by atoms with Gasteiger partial charge in [0.05, 0.1) is 6.61 Å². The normalized spacial score (nSPS) is 43.0. The molecule has 0 aliphatic carbocycles. The summed E-state index contributed by atoms with van der Waals surface area (Å²) < 4.78 is 9.90. The maximum absolute atomic E-state index is 9.28. The lowest BCUT2D eigenvalue weighted by molar-refractivity contribution is -0.268. The Bertz CT molecular complexity index is 140. The summed E-state index contributed by atoms with van der Waals surface area (Å²) in [6, 6.07) is 0. The van der Waals surface area contributed by atoms with Gasteiger partial charge in [0.2, 0.25) is 0 Å². The van der Waals surface area contributed by atoms with Crippen LogP contribution < -0.4 is 0 Å². The summed E-state index contributed by atoms with van der Waals surface area (Å²) in [5, 5.41) is 27.5. The van der Waals surface area contributed by atoms with Crippen LogP contribution in [0.1, 0.15) is 6.92 Å². The number of hydrogen-bond donors (Lipinski definition) is 3. The van der Waals surface area contributed by atoms with Crippen LogP contribution >= 0.6 is 0 Å². The highest BCUT2D eigenvalue weighted by Crippen LogP contribution is 2.15. The highest BCUT2D eigenvalue weighted by atomic mass is 16.7. The van der Waals surface area contributed by atoms with Gasteiger partial charge in [0, 0.05) is 6.61 Å². The van der Waals surface area contributed by atoms with Crippen molar-refractivity contribution in [2.24, 2.45) is 0 Å². The molecule has 0 saturated carbocycles. The largest absolute Gasteiger partial charge is 0.388 e. The van der Waals surface area contributed by atoms with Crippen LogP contribution in [0.4, 0.5) is 0 Å². The molecule has 1 aliphatic heterocycles. The van der Waals surface area contributed by atoms with Gasteiger partial charge in [-0.25, -0.2) is 0 Å². The average Bonchev–Trinajstić information content (AvgIpc) is 2.07. The highest BCUT2D eigenvalue weighted by Gasteiger charge is 2.37. The van der Waals surface area contributed by atoms with E-state index in [0.29, 0.717) is 6.61 Å². The first-order valence-corrected chi connectivity index (χ1v) is 3.94. The Labute approximate surface area is 70.5 Å². The number of hydrogen-bond acceptors (Lipinski definition) is 5. The molecule has 1 rings (SSSR count). The molecule has 0 bridgehead atoms. The highest BCUT2D eigenvalue weighted by molar-refractivity contribution is 4.82. The van der Waals surface area contributed by atoms with Crippen LogP contribution in [0.2, 0.25) is 0 Å². The molecule has 0 aromatic heterocycles. The first kappa shape index (κ1) is 9.88. The summed E-state index contributed by atoms with van der Waals surface area (Å²) in [7, 11) is 0. The van der Waals surface area contributed by atoms with Crippen molar-refractivity contribution in [1.82, 2.24) is 0 Å².